The molecule has 3 saturated heterocycles. The van der Waals surface area contributed by atoms with Crippen LogP contribution in [0.2, 0.25) is 0 Å². The smallest absolute Gasteiger partial charge is 0.369 e. The van der Waals surface area contributed by atoms with E-state index in [0.717, 1.165) is 32.1 Å². The second kappa shape index (κ2) is 31.9. The molecule has 9 rings (SSSR count). The molecule has 5 aromatic carbocycles. The normalized spacial score (nSPS) is 19.8. The number of carbonyl (C=O) groups excluding carboxylic acids is 5. The van der Waals surface area contributed by atoms with Crippen LogP contribution in [0.3, 0.4) is 0 Å². The molecule has 3 aliphatic heterocycles. The lowest BCUT2D eigenvalue weighted by Crippen LogP contribution is -2.44. The monoisotopic (exact) mass is 1270 g/mol. The van der Waals surface area contributed by atoms with E-state index >= 15 is 0 Å². The molecule has 1 aliphatic carbocycles. The third-order valence-electron chi connectivity index (χ3n) is 16.9. The third kappa shape index (κ3) is 19.7. The number of fused-ring (bicyclic) bond motifs is 2. The SMILES string of the molecule is CCC(C)(C)C(=O)OC(C)C(F)(F)S(=O)(=O)[O-].CCC(C)(C)C(=O)OC1C2CC3C(=O)OC1C3O2.CCC(C)(C)C(=O)OC1CCCCCc2ccccc21.CCC(C)(C)C(=O)Oc1ccc(O)cc1.c1ccc([S+](c2ccccc2)c2ccccc2)cc1. The Labute approximate surface area is 528 Å². The summed E-state index contributed by atoms with van der Waals surface area (Å²) in [6.07, 6.45) is 5.25. The second-order valence-corrected chi connectivity index (χ2v) is 28.6. The van der Waals surface area contributed by atoms with Crippen molar-refractivity contribution < 1.29 is 79.3 Å². The molecule has 15 nitrogen and oxygen atoms in total. The molecular formula is C70H90F2O15S2. The van der Waals surface area contributed by atoms with Crippen molar-refractivity contribution in [3.05, 3.63) is 151 Å². The maximum Gasteiger partial charge on any atom is 0.369 e. The Balaban J connectivity index is 0.000000203. The first-order valence-corrected chi connectivity index (χ1v) is 33.2. The van der Waals surface area contributed by atoms with Gasteiger partial charge in [0.1, 0.15) is 23.7 Å². The van der Waals surface area contributed by atoms with Gasteiger partial charge in [-0.15, -0.1) is 0 Å². The molecule has 3 fully saturated rings. The zero-order chi connectivity index (χ0) is 66.1. The number of benzene rings is 5. The van der Waals surface area contributed by atoms with Crippen molar-refractivity contribution in [2.24, 2.45) is 27.6 Å². The quantitative estimate of drug-likeness (QED) is 0.0301. The Morgan fingerprint density at radius 1 is 0.618 bits per heavy atom. The number of phenols is 1. The van der Waals surface area contributed by atoms with Crippen LogP contribution in [0.1, 0.15) is 165 Å². The van der Waals surface area contributed by atoms with Crippen LogP contribution < -0.4 is 4.74 Å². The van der Waals surface area contributed by atoms with Gasteiger partial charge in [-0.3, -0.25) is 24.0 Å². The molecule has 0 saturated carbocycles. The highest BCUT2D eigenvalue weighted by atomic mass is 32.2. The lowest BCUT2D eigenvalue weighted by molar-refractivity contribution is -0.170. The highest BCUT2D eigenvalue weighted by Crippen LogP contribution is 2.48. The number of hydrogen-bond acceptors (Lipinski definition) is 15. The molecule has 7 atom stereocenters. The van der Waals surface area contributed by atoms with Crippen LogP contribution in [0.25, 0.3) is 0 Å². The number of aryl methyl sites for hydroxylation is 1. The molecule has 4 aliphatic rings. The van der Waals surface area contributed by atoms with Gasteiger partial charge in [0.2, 0.25) is 0 Å². The number of halogens is 2. The predicted molar refractivity (Wildman–Crippen MR) is 336 cm³/mol. The van der Waals surface area contributed by atoms with Crippen LogP contribution in [0, 0.1) is 27.6 Å². The van der Waals surface area contributed by atoms with Crippen LogP contribution in [0.15, 0.2) is 154 Å². The summed E-state index contributed by atoms with van der Waals surface area (Å²) in [4.78, 5) is 63.1. The van der Waals surface area contributed by atoms with Crippen LogP contribution in [0.5, 0.6) is 11.5 Å². The Morgan fingerprint density at radius 2 is 1.07 bits per heavy atom. The molecule has 7 unspecified atom stereocenters. The molecular weight excluding hydrogens is 1180 g/mol. The molecule has 5 aromatic rings. The first-order valence-electron chi connectivity index (χ1n) is 30.6. The van der Waals surface area contributed by atoms with Gasteiger partial charge in [0.25, 0.3) is 0 Å². The Kier molecular flexibility index (Phi) is 26.2. The highest BCUT2D eigenvalue weighted by molar-refractivity contribution is 7.97. The summed E-state index contributed by atoms with van der Waals surface area (Å²) in [5.74, 6) is -1.28. The van der Waals surface area contributed by atoms with E-state index in [1.54, 1.807) is 19.1 Å². The van der Waals surface area contributed by atoms with E-state index in [9.17, 15) is 45.7 Å². The van der Waals surface area contributed by atoms with Crippen molar-refractivity contribution in [3.63, 3.8) is 0 Å². The summed E-state index contributed by atoms with van der Waals surface area (Å²) >= 11 is 0. The molecule has 0 amide bonds. The van der Waals surface area contributed by atoms with Crippen LogP contribution in [-0.4, -0.2) is 83.7 Å². The minimum absolute atomic E-state index is 0.0146. The number of hydrogen-bond donors (Lipinski definition) is 1. The van der Waals surface area contributed by atoms with Crippen molar-refractivity contribution >= 4 is 50.9 Å². The van der Waals surface area contributed by atoms with E-state index in [1.807, 2.05) is 68.4 Å². The van der Waals surface area contributed by atoms with Crippen LogP contribution in [0.4, 0.5) is 8.78 Å². The highest BCUT2D eigenvalue weighted by Gasteiger charge is 2.65. The summed E-state index contributed by atoms with van der Waals surface area (Å²) in [7, 11) is -5.87. The third-order valence-corrected chi connectivity index (χ3v) is 20.1. The van der Waals surface area contributed by atoms with Gasteiger partial charge in [-0.25, -0.2) is 8.42 Å². The van der Waals surface area contributed by atoms with E-state index < -0.39 is 61.3 Å². The average molecular weight is 1270 g/mol. The van der Waals surface area contributed by atoms with Crippen molar-refractivity contribution in [2.45, 2.75) is 211 Å². The first kappa shape index (κ1) is 73.1. The molecule has 2 bridgehead atoms. The fourth-order valence-electron chi connectivity index (χ4n) is 9.14. The number of esters is 5. The van der Waals surface area contributed by atoms with E-state index in [1.165, 1.54) is 64.6 Å². The second-order valence-electron chi connectivity index (χ2n) is 25.1. The molecule has 19 heteroatoms. The van der Waals surface area contributed by atoms with E-state index in [-0.39, 0.29) is 64.8 Å². The van der Waals surface area contributed by atoms with Crippen LogP contribution >= 0.6 is 0 Å². The van der Waals surface area contributed by atoms with Crippen molar-refractivity contribution in [1.82, 2.24) is 0 Å². The van der Waals surface area contributed by atoms with E-state index in [0.29, 0.717) is 31.9 Å². The van der Waals surface area contributed by atoms with Gasteiger partial charge in [0.15, 0.2) is 43.1 Å². The van der Waals surface area contributed by atoms with Gasteiger partial charge >= 0.3 is 35.1 Å². The number of carbonyl (C=O) groups is 5. The van der Waals surface area contributed by atoms with Crippen molar-refractivity contribution in [1.29, 1.82) is 0 Å². The Bertz CT molecular complexity index is 3120. The van der Waals surface area contributed by atoms with Gasteiger partial charge in [-0.1, -0.05) is 113 Å². The maximum atomic E-state index is 13.0. The van der Waals surface area contributed by atoms with Gasteiger partial charge in [0.05, 0.1) is 44.6 Å². The van der Waals surface area contributed by atoms with Crippen LogP contribution in [-0.2, 0) is 75.1 Å². The largest absolute Gasteiger partial charge is 0.743 e. The standard InChI is InChI=1S/C18H26O2.C18H15S.C13H18O5.C12H16O3.C9H16F2O5S/c1-4-18(2,3)17(19)20-16-13-7-5-6-10-14-11-8-9-12-15(14)16;1-4-10-16(11-5-1)19(17-12-6-2-7-13-17)18-14-8-3-9-15-18;1-4-13(2,3)12(15)18-9-7-5-6-8(16-7)10(9)17-11(6)14;1-4-12(2,3)11(14)15-10-7-5-9(13)6-8-10;1-5-8(3,4)7(12)16-6(2)9(10,11)17(13,14)15/h8-9,11-12,16H,4-7,10,13H2,1-3H3;1-15H;6-10H,4-5H2,1-3H3;5-8,13H,4H2,1-3H3;6H,5H2,1-4H3,(H,13,14,15)/q;+1;;;/p-1. The van der Waals surface area contributed by atoms with Crippen molar-refractivity contribution in [2.75, 3.05) is 0 Å². The average Bonchev–Trinajstić information content (AvgIpc) is 1.63. The zero-order valence-electron chi connectivity index (χ0n) is 53.6. The molecule has 0 radical (unpaired) electrons. The number of rotatable bonds is 17. The molecule has 486 valence electrons. The Hall–Kier alpha value is -6.67. The van der Waals surface area contributed by atoms with Crippen molar-refractivity contribution in [3.8, 4) is 11.5 Å². The summed E-state index contributed by atoms with van der Waals surface area (Å²) in [6, 6.07) is 46.7. The molecule has 0 spiro atoms. The minimum Gasteiger partial charge on any atom is -0.743 e. The molecule has 89 heavy (non-hydrogen) atoms. The Morgan fingerprint density at radius 3 is 1.55 bits per heavy atom. The fourth-order valence-corrected chi connectivity index (χ4v) is 11.7. The molecule has 0 aromatic heterocycles. The first-order chi connectivity index (χ1) is 41.7. The minimum atomic E-state index is -5.86. The van der Waals surface area contributed by atoms with E-state index in [2.05, 4.69) is 114 Å². The summed E-state index contributed by atoms with van der Waals surface area (Å²) < 4.78 is 88.7. The van der Waals surface area contributed by atoms with Gasteiger partial charge in [-0.05, 0) is 192 Å². The zero-order valence-corrected chi connectivity index (χ0v) is 55.3. The topological polar surface area (TPSA) is 218 Å². The molecule has 3 heterocycles. The summed E-state index contributed by atoms with van der Waals surface area (Å²) in [6.45, 7) is 22.5. The lowest BCUT2D eigenvalue weighted by Gasteiger charge is -2.29. The summed E-state index contributed by atoms with van der Waals surface area (Å²) in [5, 5.41) is 4.42. The number of aromatic hydroxyl groups is 1. The molecule has 1 N–H and O–H groups in total. The number of phenolic OH excluding ortho intramolecular Hbond substituents is 1. The summed E-state index contributed by atoms with van der Waals surface area (Å²) in [5.41, 5.74) is 0.169. The van der Waals surface area contributed by atoms with E-state index in [4.69, 9.17) is 28.8 Å². The number of ether oxygens (including phenoxy) is 6. The lowest BCUT2D eigenvalue weighted by atomic mass is 9.87. The van der Waals surface area contributed by atoms with Gasteiger partial charge < -0.3 is 38.1 Å². The maximum absolute atomic E-state index is 13.0. The van der Waals surface area contributed by atoms with Gasteiger partial charge in [-0.2, -0.15) is 8.78 Å². The predicted octanol–water partition coefficient (Wildman–Crippen LogP) is 14.9. The fraction of sp³-hybridized carbons (Fsp3) is 0.500. The number of alkyl halides is 2. The van der Waals surface area contributed by atoms with Gasteiger partial charge in [0, 0.05) is 0 Å².